The van der Waals surface area contributed by atoms with Gasteiger partial charge in [0.25, 0.3) is 0 Å². The Morgan fingerprint density at radius 1 is 1.14 bits per heavy atom. The van der Waals surface area contributed by atoms with Crippen LogP contribution in [0.2, 0.25) is 0 Å². The van der Waals surface area contributed by atoms with Crippen LogP contribution >= 0.6 is 0 Å². The van der Waals surface area contributed by atoms with Crippen molar-refractivity contribution < 1.29 is 0 Å². The van der Waals surface area contributed by atoms with E-state index >= 15 is 0 Å². The summed E-state index contributed by atoms with van der Waals surface area (Å²) in [5.74, 6) is 0.978. The number of likely N-dealkylation sites (N-methyl/N-ethyl adjacent to an activating group) is 1. The summed E-state index contributed by atoms with van der Waals surface area (Å²) in [6.07, 6.45) is 1.05. The van der Waals surface area contributed by atoms with E-state index in [1.54, 1.807) is 0 Å². The molecule has 0 aliphatic rings. The number of H-pyrrole nitrogens is 1. The highest BCUT2D eigenvalue weighted by molar-refractivity contribution is 5.78. The largest absolute Gasteiger partial charge is 0.399 e. The van der Waals surface area contributed by atoms with Crippen LogP contribution in [0.5, 0.6) is 0 Å². The number of nitrogen functional groups attached to an aromatic ring is 1. The van der Waals surface area contributed by atoms with Crippen molar-refractivity contribution in [3.05, 3.63) is 59.9 Å². The minimum Gasteiger partial charge on any atom is -0.399 e. The van der Waals surface area contributed by atoms with Crippen LogP contribution in [0.3, 0.4) is 0 Å². The average molecular weight is 280 g/mol. The summed E-state index contributed by atoms with van der Waals surface area (Å²) in [5, 5.41) is 0. The number of nitrogens with two attached hydrogens (primary N) is 1. The van der Waals surface area contributed by atoms with Crippen LogP contribution in [-0.4, -0.2) is 28.5 Å². The van der Waals surface area contributed by atoms with Gasteiger partial charge in [0.15, 0.2) is 0 Å². The smallest absolute Gasteiger partial charge is 0.121 e. The number of nitrogens with one attached hydrogen (secondary N) is 1. The van der Waals surface area contributed by atoms with Crippen molar-refractivity contribution in [2.24, 2.45) is 0 Å². The van der Waals surface area contributed by atoms with Gasteiger partial charge in [0.2, 0.25) is 0 Å². The number of rotatable bonds is 5. The van der Waals surface area contributed by atoms with E-state index in [2.05, 4.69) is 46.2 Å². The molecule has 1 heterocycles. The molecule has 0 amide bonds. The molecule has 0 unspecified atom stereocenters. The number of imidazole rings is 1. The molecule has 21 heavy (non-hydrogen) atoms. The summed E-state index contributed by atoms with van der Waals surface area (Å²) in [5.41, 5.74) is 9.88. The van der Waals surface area contributed by atoms with Crippen molar-refractivity contribution in [1.29, 1.82) is 0 Å². The molecule has 0 bridgehead atoms. The van der Waals surface area contributed by atoms with Gasteiger partial charge in [0.05, 0.1) is 17.6 Å². The molecule has 0 radical (unpaired) electrons. The SMILES string of the molecule is CN(CCc1ccccc1)Cc1nc2ccc(N)cc2[nH]1. The molecule has 4 nitrogen and oxygen atoms in total. The molecule has 0 saturated carbocycles. The maximum absolute atomic E-state index is 5.79. The van der Waals surface area contributed by atoms with Crippen molar-refractivity contribution in [3.8, 4) is 0 Å². The molecule has 0 spiro atoms. The quantitative estimate of drug-likeness (QED) is 0.707. The predicted octanol–water partition coefficient (Wildman–Crippen LogP) is 2.82. The van der Waals surface area contributed by atoms with E-state index in [4.69, 9.17) is 5.73 Å². The summed E-state index contributed by atoms with van der Waals surface area (Å²) >= 11 is 0. The van der Waals surface area contributed by atoms with E-state index in [0.29, 0.717) is 0 Å². The van der Waals surface area contributed by atoms with E-state index in [0.717, 1.165) is 42.1 Å². The summed E-state index contributed by atoms with van der Waals surface area (Å²) in [7, 11) is 2.12. The lowest BCUT2D eigenvalue weighted by Crippen LogP contribution is -2.21. The summed E-state index contributed by atoms with van der Waals surface area (Å²) in [6.45, 7) is 1.81. The Morgan fingerprint density at radius 3 is 2.76 bits per heavy atom. The third-order valence-corrected chi connectivity index (χ3v) is 3.60. The molecule has 2 aromatic carbocycles. The Morgan fingerprint density at radius 2 is 1.95 bits per heavy atom. The van der Waals surface area contributed by atoms with Crippen LogP contribution in [0, 0.1) is 0 Å². The van der Waals surface area contributed by atoms with Gasteiger partial charge in [-0.1, -0.05) is 30.3 Å². The normalized spacial score (nSPS) is 11.3. The first-order valence-corrected chi connectivity index (χ1v) is 7.17. The zero-order chi connectivity index (χ0) is 14.7. The summed E-state index contributed by atoms with van der Waals surface area (Å²) < 4.78 is 0. The van der Waals surface area contributed by atoms with Crippen molar-refractivity contribution in [1.82, 2.24) is 14.9 Å². The van der Waals surface area contributed by atoms with Crippen molar-refractivity contribution in [3.63, 3.8) is 0 Å². The zero-order valence-electron chi connectivity index (χ0n) is 12.2. The second kappa shape index (κ2) is 5.97. The fourth-order valence-corrected chi connectivity index (χ4v) is 2.45. The minimum atomic E-state index is 0.759. The number of aromatic amines is 1. The number of nitrogens with zero attached hydrogens (tertiary/aromatic N) is 2. The molecular formula is C17H20N4. The lowest BCUT2D eigenvalue weighted by molar-refractivity contribution is 0.324. The first kappa shape index (κ1) is 13.6. The lowest BCUT2D eigenvalue weighted by atomic mass is 10.1. The Labute approximate surface area is 124 Å². The highest BCUT2D eigenvalue weighted by atomic mass is 15.1. The van der Waals surface area contributed by atoms with Gasteiger partial charge in [0, 0.05) is 12.2 Å². The number of hydrogen-bond acceptors (Lipinski definition) is 3. The van der Waals surface area contributed by atoms with Crippen LogP contribution < -0.4 is 5.73 Å². The number of aromatic nitrogens is 2. The molecule has 3 rings (SSSR count). The van der Waals surface area contributed by atoms with E-state index in [-0.39, 0.29) is 0 Å². The van der Waals surface area contributed by atoms with Crippen LogP contribution in [0.1, 0.15) is 11.4 Å². The fraction of sp³-hybridized carbons (Fsp3) is 0.235. The highest BCUT2D eigenvalue weighted by Gasteiger charge is 2.06. The predicted molar refractivity (Wildman–Crippen MR) is 87.0 cm³/mol. The van der Waals surface area contributed by atoms with E-state index in [9.17, 15) is 0 Å². The van der Waals surface area contributed by atoms with E-state index in [1.165, 1.54) is 5.56 Å². The van der Waals surface area contributed by atoms with Crippen molar-refractivity contribution in [2.45, 2.75) is 13.0 Å². The molecule has 0 aliphatic carbocycles. The molecular weight excluding hydrogens is 260 g/mol. The topological polar surface area (TPSA) is 57.9 Å². The van der Waals surface area contributed by atoms with Gasteiger partial charge in [0.1, 0.15) is 5.82 Å². The van der Waals surface area contributed by atoms with Gasteiger partial charge in [-0.15, -0.1) is 0 Å². The maximum Gasteiger partial charge on any atom is 0.121 e. The summed E-state index contributed by atoms with van der Waals surface area (Å²) in [6, 6.07) is 16.3. The average Bonchev–Trinajstić information content (AvgIpc) is 2.87. The van der Waals surface area contributed by atoms with Crippen LogP contribution in [0.15, 0.2) is 48.5 Å². The number of fused-ring (bicyclic) bond motifs is 1. The number of benzene rings is 2. The maximum atomic E-state index is 5.79. The second-order valence-corrected chi connectivity index (χ2v) is 5.43. The highest BCUT2D eigenvalue weighted by Crippen LogP contribution is 2.15. The lowest BCUT2D eigenvalue weighted by Gasteiger charge is -2.14. The molecule has 0 fully saturated rings. The molecule has 0 atom stereocenters. The van der Waals surface area contributed by atoms with Crippen LogP contribution in [0.4, 0.5) is 5.69 Å². The third-order valence-electron chi connectivity index (χ3n) is 3.60. The van der Waals surface area contributed by atoms with E-state index in [1.807, 2.05) is 24.3 Å². The molecule has 3 aromatic rings. The van der Waals surface area contributed by atoms with Gasteiger partial charge < -0.3 is 10.7 Å². The Kier molecular flexibility index (Phi) is 3.88. The second-order valence-electron chi connectivity index (χ2n) is 5.43. The van der Waals surface area contributed by atoms with Gasteiger partial charge >= 0.3 is 0 Å². The van der Waals surface area contributed by atoms with Crippen molar-refractivity contribution in [2.75, 3.05) is 19.3 Å². The van der Waals surface area contributed by atoms with Gasteiger partial charge in [-0.3, -0.25) is 4.90 Å². The molecule has 0 aliphatic heterocycles. The molecule has 1 aromatic heterocycles. The first-order chi connectivity index (χ1) is 10.2. The molecule has 0 saturated heterocycles. The third kappa shape index (κ3) is 3.41. The molecule has 108 valence electrons. The first-order valence-electron chi connectivity index (χ1n) is 7.17. The van der Waals surface area contributed by atoms with Gasteiger partial charge in [-0.25, -0.2) is 4.98 Å². The molecule has 3 N–H and O–H groups in total. The Balaban J connectivity index is 1.62. The summed E-state index contributed by atoms with van der Waals surface area (Å²) in [4.78, 5) is 10.2. The minimum absolute atomic E-state index is 0.759. The van der Waals surface area contributed by atoms with Crippen LogP contribution in [-0.2, 0) is 13.0 Å². The Bertz CT molecular complexity index is 718. The van der Waals surface area contributed by atoms with E-state index < -0.39 is 0 Å². The standard InChI is InChI=1S/C17H20N4/c1-21(10-9-13-5-3-2-4-6-13)12-17-19-15-8-7-14(18)11-16(15)20-17/h2-8,11H,9-10,12,18H2,1H3,(H,19,20). The monoisotopic (exact) mass is 280 g/mol. The molecule has 4 heteroatoms. The zero-order valence-corrected chi connectivity index (χ0v) is 12.2. The van der Waals surface area contributed by atoms with Crippen LogP contribution in [0.25, 0.3) is 11.0 Å². The van der Waals surface area contributed by atoms with Crippen molar-refractivity contribution >= 4 is 16.7 Å². The fourth-order valence-electron chi connectivity index (χ4n) is 2.45. The number of anilines is 1. The number of hydrogen-bond donors (Lipinski definition) is 2. The van der Waals surface area contributed by atoms with Gasteiger partial charge in [-0.2, -0.15) is 0 Å². The Hall–Kier alpha value is -2.33. The van der Waals surface area contributed by atoms with Gasteiger partial charge in [-0.05, 0) is 37.2 Å².